The van der Waals surface area contributed by atoms with Gasteiger partial charge in [0.15, 0.2) is 11.2 Å². The smallest absolute Gasteiger partial charge is 0.234 e. The number of fused-ring (bicyclic) bond motifs is 1. The molecule has 0 atom stereocenters. The lowest BCUT2D eigenvalue weighted by Gasteiger charge is -2.05. The van der Waals surface area contributed by atoms with Crippen molar-refractivity contribution in [3.63, 3.8) is 0 Å². The van der Waals surface area contributed by atoms with E-state index in [1.165, 1.54) is 18.1 Å². The third kappa shape index (κ3) is 4.16. The standard InChI is InChI=1S/C18H12BrClN6OS/c19-11-4-6-13(7-5-11)23-15(27)9-28-18-16-17(21-10-22-18)26(25-24-16)14-3-1-2-12(20)8-14/h1-8,10H,9H2,(H,23,27). The van der Waals surface area contributed by atoms with Crippen molar-refractivity contribution in [1.29, 1.82) is 0 Å². The van der Waals surface area contributed by atoms with Crippen LogP contribution in [0, 0.1) is 0 Å². The molecule has 0 unspecified atom stereocenters. The first kappa shape index (κ1) is 18.9. The van der Waals surface area contributed by atoms with Crippen LogP contribution in [0.25, 0.3) is 16.9 Å². The van der Waals surface area contributed by atoms with E-state index < -0.39 is 0 Å². The van der Waals surface area contributed by atoms with E-state index in [1.807, 2.05) is 36.4 Å². The van der Waals surface area contributed by atoms with E-state index in [0.717, 1.165) is 15.8 Å². The van der Waals surface area contributed by atoms with Gasteiger partial charge in [-0.1, -0.05) is 50.6 Å². The van der Waals surface area contributed by atoms with Crippen LogP contribution >= 0.6 is 39.3 Å². The zero-order valence-corrected chi connectivity index (χ0v) is 17.4. The molecule has 0 saturated heterocycles. The van der Waals surface area contributed by atoms with Crippen LogP contribution in [0.15, 0.2) is 64.4 Å². The third-order valence-corrected chi connectivity index (χ3v) is 5.47. The number of nitrogens with one attached hydrogen (secondary N) is 1. The van der Waals surface area contributed by atoms with Crippen LogP contribution in [-0.4, -0.2) is 36.6 Å². The molecule has 1 amide bonds. The van der Waals surface area contributed by atoms with Gasteiger partial charge in [0.25, 0.3) is 0 Å². The van der Waals surface area contributed by atoms with Crippen molar-refractivity contribution in [3.05, 3.63) is 64.4 Å². The average Bonchev–Trinajstić information content (AvgIpc) is 3.13. The van der Waals surface area contributed by atoms with Crippen LogP contribution in [0.5, 0.6) is 0 Å². The minimum atomic E-state index is -0.138. The monoisotopic (exact) mass is 474 g/mol. The summed E-state index contributed by atoms with van der Waals surface area (Å²) in [5, 5.41) is 12.4. The molecule has 7 nitrogen and oxygen atoms in total. The molecule has 2 heterocycles. The van der Waals surface area contributed by atoms with Gasteiger partial charge < -0.3 is 5.32 Å². The predicted octanol–water partition coefficient (Wildman–Crippen LogP) is 4.36. The van der Waals surface area contributed by atoms with E-state index >= 15 is 0 Å². The van der Waals surface area contributed by atoms with Gasteiger partial charge in [0.05, 0.1) is 11.4 Å². The van der Waals surface area contributed by atoms with E-state index in [4.69, 9.17) is 11.6 Å². The van der Waals surface area contributed by atoms with Crippen molar-refractivity contribution in [1.82, 2.24) is 25.0 Å². The van der Waals surface area contributed by atoms with Gasteiger partial charge in [-0.05, 0) is 42.5 Å². The van der Waals surface area contributed by atoms with Crippen molar-refractivity contribution in [3.8, 4) is 5.69 Å². The fraction of sp³-hybridized carbons (Fsp3) is 0.0556. The molecule has 10 heteroatoms. The Balaban J connectivity index is 1.51. The zero-order chi connectivity index (χ0) is 19.5. The average molecular weight is 476 g/mol. The predicted molar refractivity (Wildman–Crippen MR) is 113 cm³/mol. The molecule has 0 aliphatic rings. The molecule has 140 valence electrons. The Kier molecular flexibility index (Phi) is 5.56. The van der Waals surface area contributed by atoms with Gasteiger partial charge >= 0.3 is 0 Å². The number of amides is 1. The highest BCUT2D eigenvalue weighted by Gasteiger charge is 2.15. The molecule has 0 fully saturated rings. The second kappa shape index (κ2) is 8.26. The number of benzene rings is 2. The van der Waals surface area contributed by atoms with E-state index in [9.17, 15) is 4.79 Å². The first-order valence-electron chi connectivity index (χ1n) is 8.11. The molecule has 0 bridgehead atoms. The van der Waals surface area contributed by atoms with Crippen molar-refractivity contribution >= 4 is 62.1 Å². The number of hydrogen-bond donors (Lipinski definition) is 1. The summed E-state index contributed by atoms with van der Waals surface area (Å²) < 4.78 is 2.54. The molecule has 0 radical (unpaired) electrons. The van der Waals surface area contributed by atoms with E-state index in [-0.39, 0.29) is 11.7 Å². The van der Waals surface area contributed by atoms with Crippen LogP contribution < -0.4 is 5.32 Å². The topological polar surface area (TPSA) is 85.6 Å². The van der Waals surface area contributed by atoms with Gasteiger partial charge in [0.1, 0.15) is 11.4 Å². The van der Waals surface area contributed by atoms with Crippen LogP contribution in [0.3, 0.4) is 0 Å². The maximum atomic E-state index is 12.2. The number of nitrogens with zero attached hydrogens (tertiary/aromatic N) is 5. The summed E-state index contributed by atoms with van der Waals surface area (Å²) in [4.78, 5) is 20.8. The van der Waals surface area contributed by atoms with Gasteiger partial charge in [-0.3, -0.25) is 4.79 Å². The zero-order valence-electron chi connectivity index (χ0n) is 14.2. The Morgan fingerprint density at radius 2 is 2.00 bits per heavy atom. The van der Waals surface area contributed by atoms with E-state index in [0.29, 0.717) is 21.2 Å². The molecule has 4 aromatic rings. The summed E-state index contributed by atoms with van der Waals surface area (Å²) in [5.74, 6) is 0.0490. The first-order valence-corrected chi connectivity index (χ1v) is 10.3. The summed E-state index contributed by atoms with van der Waals surface area (Å²) in [5.41, 5.74) is 2.56. The number of aromatic nitrogens is 5. The normalized spacial score (nSPS) is 10.9. The lowest BCUT2D eigenvalue weighted by atomic mass is 10.3. The van der Waals surface area contributed by atoms with Crippen LogP contribution in [0.4, 0.5) is 5.69 Å². The first-order chi connectivity index (χ1) is 13.6. The van der Waals surface area contributed by atoms with Gasteiger partial charge in [0.2, 0.25) is 5.91 Å². The second-order valence-electron chi connectivity index (χ2n) is 5.68. The number of anilines is 1. The maximum absolute atomic E-state index is 12.2. The SMILES string of the molecule is O=C(CSc1ncnc2c1nnn2-c1cccc(Cl)c1)Nc1ccc(Br)cc1. The van der Waals surface area contributed by atoms with Gasteiger partial charge in [-0.25, -0.2) is 9.97 Å². The third-order valence-electron chi connectivity index (χ3n) is 3.72. The van der Waals surface area contributed by atoms with Crippen LogP contribution in [0.2, 0.25) is 5.02 Å². The minimum absolute atomic E-state index is 0.138. The number of carbonyl (C=O) groups excluding carboxylic acids is 1. The number of halogens is 2. The van der Waals surface area contributed by atoms with E-state index in [1.54, 1.807) is 16.8 Å². The lowest BCUT2D eigenvalue weighted by molar-refractivity contribution is -0.113. The Morgan fingerprint density at radius 3 is 2.79 bits per heavy atom. The van der Waals surface area contributed by atoms with Crippen LogP contribution in [-0.2, 0) is 4.79 Å². The number of hydrogen-bond acceptors (Lipinski definition) is 6. The molecular formula is C18H12BrClN6OS. The van der Waals surface area contributed by atoms with Crippen LogP contribution in [0.1, 0.15) is 0 Å². The highest BCUT2D eigenvalue weighted by Crippen LogP contribution is 2.25. The highest BCUT2D eigenvalue weighted by molar-refractivity contribution is 9.10. The van der Waals surface area contributed by atoms with Gasteiger partial charge in [-0.15, -0.1) is 5.10 Å². The van der Waals surface area contributed by atoms with Crippen molar-refractivity contribution in [2.45, 2.75) is 5.03 Å². The van der Waals surface area contributed by atoms with Crippen molar-refractivity contribution in [2.75, 3.05) is 11.1 Å². The molecule has 2 aromatic carbocycles. The molecule has 0 spiro atoms. The molecule has 28 heavy (non-hydrogen) atoms. The molecule has 0 aliphatic heterocycles. The van der Waals surface area contributed by atoms with E-state index in [2.05, 4.69) is 41.5 Å². The fourth-order valence-corrected chi connectivity index (χ4v) is 3.66. The Labute approximate surface area is 177 Å². The fourth-order valence-electron chi connectivity index (χ4n) is 2.48. The largest absolute Gasteiger partial charge is 0.325 e. The molecule has 0 aliphatic carbocycles. The lowest BCUT2D eigenvalue weighted by Crippen LogP contribution is -2.14. The maximum Gasteiger partial charge on any atom is 0.234 e. The molecule has 1 N–H and O–H groups in total. The number of thioether (sulfide) groups is 1. The Morgan fingerprint density at radius 1 is 1.18 bits per heavy atom. The molecule has 2 aromatic heterocycles. The number of rotatable bonds is 5. The second-order valence-corrected chi connectivity index (χ2v) is 7.99. The molecule has 4 rings (SSSR count). The molecular weight excluding hydrogens is 464 g/mol. The summed E-state index contributed by atoms with van der Waals surface area (Å²) >= 11 is 10.7. The quantitative estimate of drug-likeness (QED) is 0.341. The van der Waals surface area contributed by atoms with Crippen molar-refractivity contribution in [2.24, 2.45) is 0 Å². The highest BCUT2D eigenvalue weighted by atomic mass is 79.9. The van der Waals surface area contributed by atoms with Gasteiger partial charge in [0, 0.05) is 15.2 Å². The Hall–Kier alpha value is -2.49. The summed E-state index contributed by atoms with van der Waals surface area (Å²) in [6.07, 6.45) is 1.43. The van der Waals surface area contributed by atoms with Gasteiger partial charge in [-0.2, -0.15) is 4.68 Å². The summed E-state index contributed by atoms with van der Waals surface area (Å²) in [7, 11) is 0. The number of carbonyl (C=O) groups is 1. The minimum Gasteiger partial charge on any atom is -0.325 e. The summed E-state index contributed by atoms with van der Waals surface area (Å²) in [6.45, 7) is 0. The Bertz CT molecular complexity index is 1150. The van der Waals surface area contributed by atoms with Crippen molar-refractivity contribution < 1.29 is 4.79 Å². The summed E-state index contributed by atoms with van der Waals surface area (Å²) in [6, 6.07) is 14.6. The molecule has 0 saturated carbocycles.